The average molecular weight is 331 g/mol. The molecule has 0 spiro atoms. The molecule has 5 nitrogen and oxygen atoms in total. The second-order valence-corrected chi connectivity index (χ2v) is 6.73. The molecule has 0 unspecified atom stereocenters. The molecule has 2 N–H and O–H groups in total. The Bertz CT molecular complexity index is 570. The quantitative estimate of drug-likeness (QED) is 0.871. The molecule has 132 valence electrons. The minimum absolute atomic E-state index is 0.0858. The van der Waals surface area contributed by atoms with Crippen LogP contribution < -0.4 is 10.6 Å². The smallest absolute Gasteiger partial charge is 0.319 e. The maximum Gasteiger partial charge on any atom is 0.319 e. The van der Waals surface area contributed by atoms with Crippen LogP contribution in [0.4, 0.5) is 10.5 Å². The summed E-state index contributed by atoms with van der Waals surface area (Å²) in [5.41, 5.74) is 3.55. The fraction of sp³-hybridized carbons (Fsp3) is 0.632. The van der Waals surface area contributed by atoms with Crippen molar-refractivity contribution in [3.05, 3.63) is 29.3 Å². The predicted octanol–water partition coefficient (Wildman–Crippen LogP) is 3.14. The van der Waals surface area contributed by atoms with Crippen molar-refractivity contribution in [2.24, 2.45) is 0 Å². The third-order valence-corrected chi connectivity index (χ3v) is 5.21. The molecule has 0 aromatic heterocycles. The Balaban J connectivity index is 1.64. The lowest BCUT2D eigenvalue weighted by Crippen LogP contribution is -2.44. The number of fused-ring (bicyclic) bond motifs is 1. The van der Waals surface area contributed by atoms with Gasteiger partial charge in [-0.25, -0.2) is 4.79 Å². The highest BCUT2D eigenvalue weighted by molar-refractivity contribution is 5.90. The molecule has 2 atom stereocenters. The summed E-state index contributed by atoms with van der Waals surface area (Å²) >= 11 is 0. The van der Waals surface area contributed by atoms with Crippen molar-refractivity contribution < 1.29 is 9.53 Å². The van der Waals surface area contributed by atoms with Crippen molar-refractivity contribution in [2.75, 3.05) is 25.0 Å². The maximum atomic E-state index is 12.5. The van der Waals surface area contributed by atoms with E-state index in [-0.39, 0.29) is 18.2 Å². The summed E-state index contributed by atoms with van der Waals surface area (Å²) in [5.74, 6) is 0. The number of amides is 2. The number of anilines is 1. The van der Waals surface area contributed by atoms with Crippen LogP contribution in [-0.4, -0.2) is 42.8 Å². The first-order valence-electron chi connectivity index (χ1n) is 9.23. The van der Waals surface area contributed by atoms with Gasteiger partial charge in [-0.1, -0.05) is 26.0 Å². The molecule has 2 amide bonds. The number of hydrogen-bond donors (Lipinski definition) is 2. The van der Waals surface area contributed by atoms with Crippen molar-refractivity contribution in [1.82, 2.24) is 10.2 Å². The van der Waals surface area contributed by atoms with Crippen LogP contribution in [0.5, 0.6) is 0 Å². The number of nitrogens with one attached hydrogen (secondary N) is 2. The largest absolute Gasteiger partial charge is 0.376 e. The van der Waals surface area contributed by atoms with Crippen LogP contribution in [0, 0.1) is 0 Å². The van der Waals surface area contributed by atoms with E-state index in [2.05, 4.69) is 35.4 Å². The van der Waals surface area contributed by atoms with Crippen LogP contribution in [0.3, 0.4) is 0 Å². The maximum absolute atomic E-state index is 12.5. The van der Waals surface area contributed by atoms with Crippen LogP contribution in [-0.2, 0) is 17.7 Å². The molecule has 2 aliphatic heterocycles. The lowest BCUT2D eigenvalue weighted by molar-refractivity contribution is 0.0804. The molecule has 0 radical (unpaired) electrons. The topological polar surface area (TPSA) is 53.6 Å². The second-order valence-electron chi connectivity index (χ2n) is 6.73. The van der Waals surface area contributed by atoms with Gasteiger partial charge < -0.3 is 15.4 Å². The standard InChI is InChI=1S/C19H29N3O2/c1-3-16(18-9-6-12-24-18)20-19(23)21-17-8-5-7-14-13-22(4-2)11-10-15(14)17/h5,7-8,16,18H,3-4,6,9-13H2,1-2H3,(H2,20,21,23)/t16-,18+/m1/s1. The summed E-state index contributed by atoms with van der Waals surface area (Å²) in [6.07, 6.45) is 4.15. The number of rotatable bonds is 5. The predicted molar refractivity (Wildman–Crippen MR) is 96.3 cm³/mol. The normalized spacial score (nSPS) is 22.0. The zero-order chi connectivity index (χ0) is 16.9. The molecule has 2 heterocycles. The Morgan fingerprint density at radius 3 is 3.00 bits per heavy atom. The summed E-state index contributed by atoms with van der Waals surface area (Å²) in [5, 5.41) is 6.17. The summed E-state index contributed by atoms with van der Waals surface area (Å²) in [4.78, 5) is 14.9. The molecule has 24 heavy (non-hydrogen) atoms. The molecule has 5 heteroatoms. The lowest BCUT2D eigenvalue weighted by atomic mass is 9.98. The van der Waals surface area contributed by atoms with E-state index < -0.39 is 0 Å². The summed E-state index contributed by atoms with van der Waals surface area (Å²) in [6, 6.07) is 6.17. The Morgan fingerprint density at radius 2 is 2.29 bits per heavy atom. The Labute approximate surface area is 144 Å². The lowest BCUT2D eigenvalue weighted by Gasteiger charge is -2.29. The number of carbonyl (C=O) groups is 1. The molecule has 1 aromatic rings. The van der Waals surface area contributed by atoms with E-state index in [9.17, 15) is 4.79 Å². The van der Waals surface area contributed by atoms with Crippen LogP contribution in [0.1, 0.15) is 44.2 Å². The minimum Gasteiger partial charge on any atom is -0.376 e. The van der Waals surface area contributed by atoms with Gasteiger partial charge in [-0.05, 0) is 49.4 Å². The van der Waals surface area contributed by atoms with Crippen molar-refractivity contribution in [1.29, 1.82) is 0 Å². The molecular formula is C19H29N3O2. The first kappa shape index (κ1) is 17.2. The highest BCUT2D eigenvalue weighted by atomic mass is 16.5. The number of nitrogens with zero attached hydrogens (tertiary/aromatic N) is 1. The third-order valence-electron chi connectivity index (χ3n) is 5.21. The van der Waals surface area contributed by atoms with Gasteiger partial charge in [0, 0.05) is 25.4 Å². The Hall–Kier alpha value is -1.59. The number of urea groups is 1. The summed E-state index contributed by atoms with van der Waals surface area (Å²) in [6.45, 7) is 8.18. The minimum atomic E-state index is -0.122. The zero-order valence-electron chi connectivity index (χ0n) is 14.8. The van der Waals surface area contributed by atoms with Crippen molar-refractivity contribution in [2.45, 2.75) is 58.2 Å². The van der Waals surface area contributed by atoms with E-state index >= 15 is 0 Å². The van der Waals surface area contributed by atoms with E-state index in [1.165, 1.54) is 11.1 Å². The van der Waals surface area contributed by atoms with Crippen molar-refractivity contribution in [3.8, 4) is 0 Å². The average Bonchev–Trinajstić information content (AvgIpc) is 3.14. The fourth-order valence-corrected chi connectivity index (χ4v) is 3.76. The number of carbonyl (C=O) groups excluding carboxylic acids is 1. The fourth-order valence-electron chi connectivity index (χ4n) is 3.76. The van der Waals surface area contributed by atoms with Crippen LogP contribution in [0.2, 0.25) is 0 Å². The first-order chi connectivity index (χ1) is 11.7. The molecule has 1 aromatic carbocycles. The van der Waals surface area contributed by atoms with E-state index in [4.69, 9.17) is 4.74 Å². The van der Waals surface area contributed by atoms with E-state index in [1.807, 2.05) is 12.1 Å². The van der Waals surface area contributed by atoms with Gasteiger partial charge in [0.25, 0.3) is 0 Å². The Kier molecular flexibility index (Phi) is 5.74. The summed E-state index contributed by atoms with van der Waals surface area (Å²) < 4.78 is 5.72. The number of likely N-dealkylation sites (N-methyl/N-ethyl adjacent to an activating group) is 1. The van der Waals surface area contributed by atoms with E-state index in [0.29, 0.717) is 0 Å². The van der Waals surface area contributed by atoms with E-state index in [1.54, 1.807) is 0 Å². The number of benzene rings is 1. The van der Waals surface area contributed by atoms with Gasteiger partial charge >= 0.3 is 6.03 Å². The highest BCUT2D eigenvalue weighted by Crippen LogP contribution is 2.26. The first-order valence-corrected chi connectivity index (χ1v) is 9.23. The zero-order valence-corrected chi connectivity index (χ0v) is 14.8. The number of hydrogen-bond acceptors (Lipinski definition) is 3. The molecule has 1 saturated heterocycles. The van der Waals surface area contributed by atoms with Crippen molar-refractivity contribution in [3.63, 3.8) is 0 Å². The van der Waals surface area contributed by atoms with Crippen molar-refractivity contribution >= 4 is 11.7 Å². The summed E-state index contributed by atoms with van der Waals surface area (Å²) in [7, 11) is 0. The number of ether oxygens (including phenoxy) is 1. The SMILES string of the molecule is CC[C@@H](NC(=O)Nc1cccc2c1CCN(CC)C2)[C@@H]1CCCO1. The molecule has 1 fully saturated rings. The monoisotopic (exact) mass is 331 g/mol. The Morgan fingerprint density at radius 1 is 1.42 bits per heavy atom. The molecular weight excluding hydrogens is 302 g/mol. The molecule has 2 aliphatic rings. The van der Waals surface area contributed by atoms with Gasteiger partial charge in [0.2, 0.25) is 0 Å². The van der Waals surface area contributed by atoms with Gasteiger partial charge in [0.1, 0.15) is 0 Å². The molecule has 0 aliphatic carbocycles. The van der Waals surface area contributed by atoms with Gasteiger partial charge in [-0.15, -0.1) is 0 Å². The van der Waals surface area contributed by atoms with Crippen LogP contribution in [0.25, 0.3) is 0 Å². The molecule has 0 bridgehead atoms. The van der Waals surface area contributed by atoms with E-state index in [0.717, 1.165) is 57.6 Å². The molecule has 3 rings (SSSR count). The van der Waals surface area contributed by atoms with Gasteiger partial charge in [0.05, 0.1) is 12.1 Å². The van der Waals surface area contributed by atoms with Crippen LogP contribution >= 0.6 is 0 Å². The van der Waals surface area contributed by atoms with Gasteiger partial charge in [-0.2, -0.15) is 0 Å². The molecule has 0 saturated carbocycles. The van der Waals surface area contributed by atoms with Crippen LogP contribution in [0.15, 0.2) is 18.2 Å². The van der Waals surface area contributed by atoms with Gasteiger partial charge in [-0.3, -0.25) is 4.90 Å². The third kappa shape index (κ3) is 3.90. The van der Waals surface area contributed by atoms with Gasteiger partial charge in [0.15, 0.2) is 0 Å². The second kappa shape index (κ2) is 7.99. The highest BCUT2D eigenvalue weighted by Gasteiger charge is 2.26.